The van der Waals surface area contributed by atoms with Crippen LogP contribution in [0.5, 0.6) is 0 Å². The quantitative estimate of drug-likeness (QED) is 0.744. The van der Waals surface area contributed by atoms with Gasteiger partial charge in [-0.1, -0.05) is 19.8 Å². The van der Waals surface area contributed by atoms with E-state index in [2.05, 4.69) is 17.6 Å². The highest BCUT2D eigenvalue weighted by atomic mass is 15.0. The van der Waals surface area contributed by atoms with Crippen LogP contribution in [0.4, 0.5) is 0 Å². The van der Waals surface area contributed by atoms with Gasteiger partial charge in [0.15, 0.2) is 0 Å². The Morgan fingerprint density at radius 3 is 2.47 bits per heavy atom. The van der Waals surface area contributed by atoms with E-state index in [1.807, 2.05) is 0 Å². The Labute approximate surface area is 94.2 Å². The van der Waals surface area contributed by atoms with Crippen LogP contribution in [0.25, 0.3) is 0 Å². The first-order valence-corrected chi connectivity index (χ1v) is 6.85. The van der Waals surface area contributed by atoms with E-state index in [1.54, 1.807) is 0 Å². The molecular weight excluding hydrogens is 184 g/mol. The topological polar surface area (TPSA) is 24.1 Å². The monoisotopic (exact) mass is 210 g/mol. The average Bonchev–Trinajstić information content (AvgIpc) is 2.74. The lowest BCUT2D eigenvalue weighted by Gasteiger charge is -2.30. The molecule has 2 heteroatoms. The van der Waals surface area contributed by atoms with Crippen molar-refractivity contribution < 1.29 is 0 Å². The Hall–Kier alpha value is -0.0800. The van der Waals surface area contributed by atoms with Crippen molar-refractivity contribution in [2.24, 2.45) is 5.92 Å². The molecule has 0 aromatic heterocycles. The van der Waals surface area contributed by atoms with Gasteiger partial charge < -0.3 is 10.6 Å². The maximum absolute atomic E-state index is 3.82. The molecule has 1 atom stereocenters. The van der Waals surface area contributed by atoms with Crippen molar-refractivity contribution in [1.82, 2.24) is 10.6 Å². The predicted octanol–water partition coefficient (Wildman–Crippen LogP) is 2.30. The first kappa shape index (κ1) is 11.4. The van der Waals surface area contributed by atoms with Crippen LogP contribution in [0.15, 0.2) is 0 Å². The Morgan fingerprint density at radius 2 is 1.87 bits per heavy atom. The van der Waals surface area contributed by atoms with Gasteiger partial charge in [-0.2, -0.15) is 0 Å². The minimum atomic E-state index is 0.762. The number of rotatable bonds is 4. The second-order valence-electron chi connectivity index (χ2n) is 5.36. The molecule has 0 aromatic carbocycles. The van der Waals surface area contributed by atoms with Crippen molar-refractivity contribution in [2.45, 2.75) is 64.0 Å². The minimum absolute atomic E-state index is 0.762. The van der Waals surface area contributed by atoms with E-state index in [0.717, 1.165) is 18.0 Å². The van der Waals surface area contributed by atoms with Gasteiger partial charge in [-0.25, -0.2) is 0 Å². The average molecular weight is 210 g/mol. The van der Waals surface area contributed by atoms with Crippen LogP contribution in [-0.4, -0.2) is 25.2 Å². The van der Waals surface area contributed by atoms with Crippen molar-refractivity contribution in [3.8, 4) is 0 Å². The maximum atomic E-state index is 3.82. The standard InChI is InChI=1S/C13H26N2/c1-2-3-11-4-6-12(7-5-11)15-13-8-9-14-10-13/h11-15H,2-10H2,1H3. The van der Waals surface area contributed by atoms with Crippen LogP contribution in [0.3, 0.4) is 0 Å². The number of nitrogens with one attached hydrogen (secondary N) is 2. The molecule has 1 aliphatic carbocycles. The molecule has 0 radical (unpaired) electrons. The summed E-state index contributed by atoms with van der Waals surface area (Å²) in [6, 6.07) is 1.58. The fourth-order valence-electron chi connectivity index (χ4n) is 3.16. The summed E-state index contributed by atoms with van der Waals surface area (Å²) in [4.78, 5) is 0. The molecule has 15 heavy (non-hydrogen) atoms. The smallest absolute Gasteiger partial charge is 0.0207 e. The zero-order valence-corrected chi connectivity index (χ0v) is 10.1. The Morgan fingerprint density at radius 1 is 1.07 bits per heavy atom. The minimum Gasteiger partial charge on any atom is -0.315 e. The molecule has 0 aromatic rings. The second kappa shape index (κ2) is 5.86. The van der Waals surface area contributed by atoms with Crippen molar-refractivity contribution in [2.75, 3.05) is 13.1 Å². The molecule has 2 rings (SSSR count). The first-order valence-electron chi connectivity index (χ1n) is 6.85. The van der Waals surface area contributed by atoms with Gasteiger partial charge in [-0.3, -0.25) is 0 Å². The third kappa shape index (κ3) is 3.46. The molecule has 88 valence electrons. The van der Waals surface area contributed by atoms with Crippen LogP contribution < -0.4 is 10.6 Å². The van der Waals surface area contributed by atoms with Gasteiger partial charge >= 0.3 is 0 Å². The van der Waals surface area contributed by atoms with Crippen molar-refractivity contribution in [1.29, 1.82) is 0 Å². The van der Waals surface area contributed by atoms with Crippen LogP contribution in [0, 0.1) is 5.92 Å². The first-order chi connectivity index (χ1) is 7.38. The van der Waals surface area contributed by atoms with Gasteiger partial charge in [-0.05, 0) is 44.6 Å². The molecular formula is C13H26N2. The van der Waals surface area contributed by atoms with Gasteiger partial charge in [0.05, 0.1) is 0 Å². The predicted molar refractivity (Wildman–Crippen MR) is 65.1 cm³/mol. The molecule has 0 spiro atoms. The Kier molecular flexibility index (Phi) is 4.45. The van der Waals surface area contributed by atoms with Crippen molar-refractivity contribution >= 4 is 0 Å². The fraction of sp³-hybridized carbons (Fsp3) is 1.00. The van der Waals surface area contributed by atoms with Crippen molar-refractivity contribution in [3.63, 3.8) is 0 Å². The molecule has 1 unspecified atom stereocenters. The van der Waals surface area contributed by atoms with Gasteiger partial charge in [0.2, 0.25) is 0 Å². The van der Waals surface area contributed by atoms with Crippen LogP contribution >= 0.6 is 0 Å². The third-order valence-corrected chi connectivity index (χ3v) is 4.08. The van der Waals surface area contributed by atoms with Gasteiger partial charge in [-0.15, -0.1) is 0 Å². The summed E-state index contributed by atoms with van der Waals surface area (Å²) in [6.45, 7) is 4.71. The molecule has 1 heterocycles. The van der Waals surface area contributed by atoms with Crippen LogP contribution in [-0.2, 0) is 0 Å². The molecule has 1 saturated heterocycles. The van der Waals surface area contributed by atoms with E-state index in [1.165, 1.54) is 58.0 Å². The van der Waals surface area contributed by atoms with E-state index in [4.69, 9.17) is 0 Å². The highest BCUT2D eigenvalue weighted by Crippen LogP contribution is 2.28. The molecule has 2 N–H and O–H groups in total. The summed E-state index contributed by atoms with van der Waals surface area (Å²) in [6.07, 6.45) is 9.92. The van der Waals surface area contributed by atoms with Crippen LogP contribution in [0.1, 0.15) is 51.9 Å². The summed E-state index contributed by atoms with van der Waals surface area (Å²) < 4.78 is 0. The van der Waals surface area contributed by atoms with Gasteiger partial charge in [0, 0.05) is 18.6 Å². The van der Waals surface area contributed by atoms with E-state index in [0.29, 0.717) is 0 Å². The molecule has 2 nitrogen and oxygen atoms in total. The summed E-state index contributed by atoms with van der Waals surface area (Å²) in [5.41, 5.74) is 0. The number of hydrogen-bond acceptors (Lipinski definition) is 2. The van der Waals surface area contributed by atoms with Crippen LogP contribution in [0.2, 0.25) is 0 Å². The zero-order valence-electron chi connectivity index (χ0n) is 10.1. The largest absolute Gasteiger partial charge is 0.315 e. The molecule has 0 amide bonds. The van der Waals surface area contributed by atoms with Gasteiger partial charge in [0.25, 0.3) is 0 Å². The summed E-state index contributed by atoms with van der Waals surface area (Å²) in [5, 5.41) is 7.25. The third-order valence-electron chi connectivity index (χ3n) is 4.08. The highest BCUT2D eigenvalue weighted by Gasteiger charge is 2.23. The molecule has 1 saturated carbocycles. The summed E-state index contributed by atoms with van der Waals surface area (Å²) >= 11 is 0. The van der Waals surface area contributed by atoms with E-state index in [9.17, 15) is 0 Å². The highest BCUT2D eigenvalue weighted by molar-refractivity contribution is 4.84. The SMILES string of the molecule is CCCC1CCC(NC2CCNC2)CC1. The lowest BCUT2D eigenvalue weighted by molar-refractivity contribution is 0.265. The Bertz CT molecular complexity index is 167. The van der Waals surface area contributed by atoms with Gasteiger partial charge in [0.1, 0.15) is 0 Å². The summed E-state index contributed by atoms with van der Waals surface area (Å²) in [5.74, 6) is 1.04. The maximum Gasteiger partial charge on any atom is 0.0207 e. The summed E-state index contributed by atoms with van der Waals surface area (Å²) in [7, 11) is 0. The lowest BCUT2D eigenvalue weighted by Crippen LogP contribution is -2.41. The zero-order chi connectivity index (χ0) is 10.5. The van der Waals surface area contributed by atoms with E-state index in [-0.39, 0.29) is 0 Å². The van der Waals surface area contributed by atoms with E-state index >= 15 is 0 Å². The molecule has 2 fully saturated rings. The fourth-order valence-corrected chi connectivity index (χ4v) is 3.16. The molecule has 0 bridgehead atoms. The number of hydrogen-bond donors (Lipinski definition) is 2. The normalized spacial score (nSPS) is 37.0. The molecule has 2 aliphatic rings. The van der Waals surface area contributed by atoms with E-state index < -0.39 is 0 Å². The lowest BCUT2D eigenvalue weighted by atomic mass is 9.83. The van der Waals surface area contributed by atoms with Crippen molar-refractivity contribution in [3.05, 3.63) is 0 Å². The molecule has 1 aliphatic heterocycles. The second-order valence-corrected chi connectivity index (χ2v) is 5.36. The Balaban J connectivity index is 1.64.